The number of amides is 3. The highest BCUT2D eigenvalue weighted by atomic mass is 32.2. The van der Waals surface area contributed by atoms with Gasteiger partial charge in [0.25, 0.3) is 11.8 Å². The number of carbonyl (C=O) groups excluding carboxylic acids is 4. The maximum Gasteiger partial charge on any atom is 0.272 e. The Bertz CT molecular complexity index is 1840. The zero-order valence-corrected chi connectivity index (χ0v) is 25.8. The second-order valence-corrected chi connectivity index (χ2v) is 11.5. The third-order valence-electron chi connectivity index (χ3n) is 6.90. The van der Waals surface area contributed by atoms with Crippen LogP contribution in [0.1, 0.15) is 44.0 Å². The molecule has 8 heteroatoms. The van der Waals surface area contributed by atoms with E-state index >= 15 is 0 Å². The van der Waals surface area contributed by atoms with Gasteiger partial charge in [0.05, 0.1) is 0 Å². The Morgan fingerprint density at radius 2 is 1.15 bits per heavy atom. The standard InChI is InChI=1S/C38H31N3O4S/c1-26(42)28-17-19-31(20-18-28)40-38(45)35(29-13-7-3-8-14-29)46-33-23-21-32(22-24-33)39-37(44)34(25-27-11-5-2-6-12-27)41-36(43)30-15-9-4-10-16-30/h2-25,35H,1H3,(H,39,44)(H,40,45)(H,41,43)/b34-25-. The summed E-state index contributed by atoms with van der Waals surface area (Å²) in [6.45, 7) is 1.50. The fourth-order valence-electron chi connectivity index (χ4n) is 4.51. The lowest BCUT2D eigenvalue weighted by molar-refractivity contribution is -0.116. The Kier molecular flexibility index (Phi) is 10.6. The van der Waals surface area contributed by atoms with E-state index in [1.165, 1.54) is 18.7 Å². The van der Waals surface area contributed by atoms with Crippen LogP contribution in [-0.2, 0) is 9.59 Å². The zero-order valence-electron chi connectivity index (χ0n) is 25.0. The Balaban J connectivity index is 1.30. The predicted molar refractivity (Wildman–Crippen MR) is 184 cm³/mol. The molecule has 0 spiro atoms. The van der Waals surface area contributed by atoms with Gasteiger partial charge in [-0.3, -0.25) is 19.2 Å². The van der Waals surface area contributed by atoms with Crippen molar-refractivity contribution >= 4 is 52.7 Å². The summed E-state index contributed by atoms with van der Waals surface area (Å²) in [4.78, 5) is 52.2. The molecule has 0 aliphatic rings. The molecule has 0 fully saturated rings. The largest absolute Gasteiger partial charge is 0.325 e. The normalized spacial score (nSPS) is 11.6. The number of thioether (sulfide) groups is 1. The first kappa shape index (κ1) is 31.7. The van der Waals surface area contributed by atoms with Crippen LogP contribution in [0.15, 0.2) is 150 Å². The van der Waals surface area contributed by atoms with Gasteiger partial charge >= 0.3 is 0 Å². The van der Waals surface area contributed by atoms with E-state index in [1.54, 1.807) is 66.7 Å². The lowest BCUT2D eigenvalue weighted by atomic mass is 10.1. The van der Waals surface area contributed by atoms with Crippen LogP contribution in [0, 0.1) is 0 Å². The molecule has 7 nitrogen and oxygen atoms in total. The number of nitrogens with one attached hydrogen (secondary N) is 3. The molecule has 5 aromatic rings. The molecule has 0 aliphatic heterocycles. The molecule has 0 heterocycles. The maximum atomic E-state index is 13.5. The zero-order chi connectivity index (χ0) is 32.3. The predicted octanol–water partition coefficient (Wildman–Crippen LogP) is 7.77. The van der Waals surface area contributed by atoms with E-state index < -0.39 is 17.1 Å². The van der Waals surface area contributed by atoms with Crippen LogP contribution in [-0.4, -0.2) is 23.5 Å². The number of hydrogen-bond acceptors (Lipinski definition) is 5. The summed E-state index contributed by atoms with van der Waals surface area (Å²) in [5.41, 5.74) is 3.79. The third-order valence-corrected chi connectivity index (χ3v) is 8.17. The van der Waals surface area contributed by atoms with Gasteiger partial charge in [0.2, 0.25) is 5.91 Å². The molecular weight excluding hydrogens is 595 g/mol. The Morgan fingerprint density at radius 3 is 1.76 bits per heavy atom. The fraction of sp³-hybridized carbons (Fsp3) is 0.0526. The van der Waals surface area contributed by atoms with Crippen molar-refractivity contribution in [3.8, 4) is 0 Å². The van der Waals surface area contributed by atoms with Crippen LogP contribution in [0.25, 0.3) is 6.08 Å². The third kappa shape index (κ3) is 8.68. The first-order valence-electron chi connectivity index (χ1n) is 14.5. The quantitative estimate of drug-likeness (QED) is 0.0790. The molecule has 0 saturated carbocycles. The summed E-state index contributed by atoms with van der Waals surface area (Å²) >= 11 is 1.37. The SMILES string of the molecule is CC(=O)c1ccc(NC(=O)C(Sc2ccc(NC(=O)/C(=C/c3ccccc3)NC(=O)c3ccccc3)cc2)c2ccccc2)cc1. The van der Waals surface area contributed by atoms with Crippen LogP contribution in [0.5, 0.6) is 0 Å². The Labute approximate surface area is 271 Å². The molecule has 1 unspecified atom stereocenters. The second-order valence-electron chi connectivity index (χ2n) is 10.3. The number of ketones is 1. The second kappa shape index (κ2) is 15.3. The molecule has 1 atom stereocenters. The Morgan fingerprint density at radius 1 is 0.609 bits per heavy atom. The lowest BCUT2D eigenvalue weighted by Gasteiger charge is -2.18. The van der Waals surface area contributed by atoms with E-state index in [2.05, 4.69) is 16.0 Å². The van der Waals surface area contributed by atoms with Gasteiger partial charge in [-0.2, -0.15) is 0 Å². The van der Waals surface area contributed by atoms with Gasteiger partial charge in [-0.1, -0.05) is 78.9 Å². The van der Waals surface area contributed by atoms with E-state index in [1.807, 2.05) is 78.9 Å². The molecule has 5 rings (SSSR count). The number of hydrogen-bond donors (Lipinski definition) is 3. The molecule has 0 radical (unpaired) electrons. The van der Waals surface area contributed by atoms with Crippen molar-refractivity contribution < 1.29 is 19.2 Å². The van der Waals surface area contributed by atoms with Gasteiger partial charge in [-0.25, -0.2) is 0 Å². The summed E-state index contributed by atoms with van der Waals surface area (Å²) in [7, 11) is 0. The maximum absolute atomic E-state index is 13.5. The smallest absolute Gasteiger partial charge is 0.272 e. The van der Waals surface area contributed by atoms with Crippen molar-refractivity contribution in [3.05, 3.63) is 167 Å². The number of carbonyl (C=O) groups is 4. The van der Waals surface area contributed by atoms with E-state index in [0.717, 1.165) is 16.0 Å². The molecule has 46 heavy (non-hydrogen) atoms. The van der Waals surface area contributed by atoms with Crippen molar-refractivity contribution in [2.75, 3.05) is 10.6 Å². The molecular formula is C38H31N3O4S. The van der Waals surface area contributed by atoms with E-state index in [9.17, 15) is 19.2 Å². The van der Waals surface area contributed by atoms with Crippen molar-refractivity contribution in [2.24, 2.45) is 0 Å². The molecule has 0 bridgehead atoms. The molecule has 3 N–H and O–H groups in total. The fourth-order valence-corrected chi connectivity index (χ4v) is 5.53. The van der Waals surface area contributed by atoms with Crippen molar-refractivity contribution in [1.29, 1.82) is 0 Å². The Hall–Kier alpha value is -5.73. The monoisotopic (exact) mass is 625 g/mol. The first-order valence-corrected chi connectivity index (χ1v) is 15.4. The summed E-state index contributed by atoms with van der Waals surface area (Å²) in [5, 5.41) is 8.00. The topological polar surface area (TPSA) is 104 Å². The van der Waals surface area contributed by atoms with Gasteiger partial charge in [0, 0.05) is 27.4 Å². The van der Waals surface area contributed by atoms with E-state index in [0.29, 0.717) is 22.5 Å². The molecule has 5 aromatic carbocycles. The summed E-state index contributed by atoms with van der Waals surface area (Å²) in [5.74, 6) is -1.14. The van der Waals surface area contributed by atoms with Crippen LogP contribution in [0.2, 0.25) is 0 Å². The summed E-state index contributed by atoms with van der Waals surface area (Å²) < 4.78 is 0. The highest BCUT2D eigenvalue weighted by Crippen LogP contribution is 2.36. The summed E-state index contributed by atoms with van der Waals surface area (Å²) in [6.07, 6.45) is 1.62. The number of rotatable bonds is 11. The molecule has 228 valence electrons. The van der Waals surface area contributed by atoms with Crippen molar-refractivity contribution in [2.45, 2.75) is 17.1 Å². The van der Waals surface area contributed by atoms with Crippen molar-refractivity contribution in [1.82, 2.24) is 5.32 Å². The van der Waals surface area contributed by atoms with Crippen LogP contribution in [0.4, 0.5) is 11.4 Å². The molecule has 0 aromatic heterocycles. The summed E-state index contributed by atoms with van der Waals surface area (Å²) in [6, 6.07) is 41.3. The average molecular weight is 626 g/mol. The molecule has 0 aliphatic carbocycles. The van der Waals surface area contributed by atoms with Gasteiger partial charge in [-0.15, -0.1) is 11.8 Å². The van der Waals surface area contributed by atoms with Gasteiger partial charge in [0.1, 0.15) is 10.9 Å². The van der Waals surface area contributed by atoms with E-state index in [4.69, 9.17) is 0 Å². The van der Waals surface area contributed by atoms with Crippen LogP contribution < -0.4 is 16.0 Å². The minimum Gasteiger partial charge on any atom is -0.325 e. The minimum atomic E-state index is -0.567. The molecule has 3 amide bonds. The van der Waals surface area contributed by atoms with Gasteiger partial charge in [-0.05, 0) is 84.8 Å². The van der Waals surface area contributed by atoms with Crippen LogP contribution in [0.3, 0.4) is 0 Å². The number of benzene rings is 5. The first-order chi connectivity index (χ1) is 22.4. The minimum absolute atomic E-state index is 0.0457. The highest BCUT2D eigenvalue weighted by Gasteiger charge is 2.23. The van der Waals surface area contributed by atoms with Crippen molar-refractivity contribution in [3.63, 3.8) is 0 Å². The number of Topliss-reactive ketones (excluding diaryl/α,β-unsaturated/α-hetero) is 1. The highest BCUT2D eigenvalue weighted by molar-refractivity contribution is 8.00. The van der Waals surface area contributed by atoms with Gasteiger partial charge in [0.15, 0.2) is 5.78 Å². The molecule has 0 saturated heterocycles. The average Bonchev–Trinajstić information content (AvgIpc) is 3.09. The van der Waals surface area contributed by atoms with E-state index in [-0.39, 0.29) is 17.4 Å². The van der Waals surface area contributed by atoms with Gasteiger partial charge < -0.3 is 16.0 Å². The van der Waals surface area contributed by atoms with Crippen LogP contribution >= 0.6 is 11.8 Å². The lowest BCUT2D eigenvalue weighted by Crippen LogP contribution is -2.30. The number of anilines is 2.